The van der Waals surface area contributed by atoms with Crippen LogP contribution >= 0.6 is 7.92 Å². The largest absolute Gasteiger partial charge is 0.673 e. The van der Waals surface area contributed by atoms with Crippen molar-refractivity contribution in [1.82, 2.24) is 0 Å². The molecule has 130 valence electrons. The first-order valence-corrected chi connectivity index (χ1v) is 10.00. The number of hydrogen-bond acceptors (Lipinski definition) is 0. The molecule has 2 saturated carbocycles. The molecule has 0 N–H and O–H groups in total. The molecule has 7 heteroatoms. The van der Waals surface area contributed by atoms with E-state index in [4.69, 9.17) is 0 Å². The van der Waals surface area contributed by atoms with Crippen LogP contribution in [-0.2, 0) is 0 Å². The van der Waals surface area contributed by atoms with E-state index in [0.717, 1.165) is 11.3 Å². The van der Waals surface area contributed by atoms with Crippen molar-refractivity contribution in [3.8, 4) is 0 Å². The maximum atomic E-state index is 13.1. The molecule has 0 nitrogen and oxygen atoms in total. The average molecular weight is 352 g/mol. The lowest BCUT2D eigenvalue weighted by molar-refractivity contribution is 0.368. The van der Waals surface area contributed by atoms with Gasteiger partial charge in [0.05, 0.1) is 16.6 Å². The van der Waals surface area contributed by atoms with Gasteiger partial charge in [-0.2, -0.15) is 0 Å². The summed E-state index contributed by atoms with van der Waals surface area (Å²) in [6.45, 7) is 0. The van der Waals surface area contributed by atoms with Gasteiger partial charge >= 0.3 is 7.25 Å². The topological polar surface area (TPSA) is 0 Å². The molecule has 0 saturated heterocycles. The molecule has 23 heavy (non-hydrogen) atoms. The Morgan fingerprint density at radius 3 is 1.43 bits per heavy atom. The highest BCUT2D eigenvalue weighted by Gasteiger charge is 2.40. The minimum Gasteiger partial charge on any atom is -0.418 e. The normalized spacial score (nSPS) is 19.9. The predicted octanol–water partition coefficient (Wildman–Crippen LogP) is 5.85. The second kappa shape index (κ2) is 8.46. The molecule has 0 atom stereocenters. The third kappa shape index (κ3) is 6.41. The molecule has 0 heterocycles. The highest BCUT2D eigenvalue weighted by molar-refractivity contribution is 7.67. The molecule has 0 radical (unpaired) electrons. The molecule has 0 spiro atoms. The van der Waals surface area contributed by atoms with Gasteiger partial charge in [0.2, 0.25) is 0 Å². The van der Waals surface area contributed by atoms with Gasteiger partial charge in [-0.3, -0.25) is 0 Å². The van der Waals surface area contributed by atoms with E-state index in [0.29, 0.717) is 0 Å². The molecule has 1 aromatic rings. The summed E-state index contributed by atoms with van der Waals surface area (Å²) in [5.41, 5.74) is 1.92. The Hall–Kier alpha value is -0.635. The Morgan fingerprint density at radius 1 is 0.739 bits per heavy atom. The number of hydrogen-bond donors (Lipinski definition) is 0. The fourth-order valence-electron chi connectivity index (χ4n) is 3.92. The second-order valence-electron chi connectivity index (χ2n) is 6.42. The molecule has 2 fully saturated rings. The Labute approximate surface area is 135 Å². The molecule has 3 rings (SSSR count). The molecule has 0 amide bonds. The van der Waals surface area contributed by atoms with Crippen molar-refractivity contribution in [1.29, 1.82) is 0 Å². The number of benzene rings is 1. The summed E-state index contributed by atoms with van der Waals surface area (Å²) >= 11 is 0. The molecule has 1 aromatic carbocycles. The van der Waals surface area contributed by atoms with E-state index in [1.54, 1.807) is 12.1 Å². The first kappa shape index (κ1) is 18.7. The van der Waals surface area contributed by atoms with Crippen LogP contribution in [-0.4, -0.2) is 18.6 Å². The molecule has 0 bridgehead atoms. The molecule has 0 unspecified atom stereocenters. The quantitative estimate of drug-likeness (QED) is 0.364. The SMILES string of the molecule is F[B-](F)(F)F.Fc1ccc([PH+](C2CCCC2)C2CCCC2)cc1. The van der Waals surface area contributed by atoms with Gasteiger partial charge in [-0.05, 0) is 75.6 Å². The lowest BCUT2D eigenvalue weighted by atomic mass is 10.3. The lowest BCUT2D eigenvalue weighted by Crippen LogP contribution is -2.19. The minimum absolute atomic E-state index is 0.0852. The van der Waals surface area contributed by atoms with Gasteiger partial charge in [0.25, 0.3) is 0 Å². The molecule has 0 aliphatic heterocycles. The van der Waals surface area contributed by atoms with Crippen molar-refractivity contribution in [3.05, 3.63) is 30.1 Å². The summed E-state index contributed by atoms with van der Waals surface area (Å²) in [6, 6.07) is 7.51. The zero-order chi connectivity index (χ0) is 16.9. The van der Waals surface area contributed by atoms with Gasteiger partial charge in [-0.25, -0.2) is 4.39 Å². The van der Waals surface area contributed by atoms with E-state index in [1.807, 2.05) is 0 Å². The zero-order valence-corrected chi connectivity index (χ0v) is 14.1. The van der Waals surface area contributed by atoms with Crippen molar-refractivity contribution < 1.29 is 21.7 Å². The monoisotopic (exact) mass is 352 g/mol. The Kier molecular flexibility index (Phi) is 6.88. The summed E-state index contributed by atoms with van der Waals surface area (Å²) in [5, 5.41) is 1.50. The lowest BCUT2D eigenvalue weighted by Gasteiger charge is -2.22. The fraction of sp³-hybridized carbons (Fsp3) is 0.625. The average Bonchev–Trinajstić information content (AvgIpc) is 3.13. The first-order valence-electron chi connectivity index (χ1n) is 8.34. The van der Waals surface area contributed by atoms with E-state index in [2.05, 4.69) is 12.1 Å². The molecular formula is C16H23BF5P. The molecule has 2 aliphatic rings. The first-order chi connectivity index (χ1) is 10.8. The third-order valence-corrected chi connectivity index (χ3v) is 8.68. The van der Waals surface area contributed by atoms with Crippen molar-refractivity contribution in [2.45, 2.75) is 62.7 Å². The molecular weight excluding hydrogens is 329 g/mol. The van der Waals surface area contributed by atoms with E-state index in [-0.39, 0.29) is 5.82 Å². The maximum Gasteiger partial charge on any atom is 0.673 e. The van der Waals surface area contributed by atoms with Crippen LogP contribution in [0.2, 0.25) is 0 Å². The Morgan fingerprint density at radius 2 is 1.09 bits per heavy atom. The number of rotatable bonds is 3. The van der Waals surface area contributed by atoms with Gasteiger partial charge in [-0.1, -0.05) is 0 Å². The van der Waals surface area contributed by atoms with Crippen molar-refractivity contribution in [3.63, 3.8) is 0 Å². The smallest absolute Gasteiger partial charge is 0.418 e. The summed E-state index contributed by atoms with van der Waals surface area (Å²) in [4.78, 5) is 0. The fourth-order valence-corrected chi connectivity index (χ4v) is 8.14. The minimum atomic E-state index is -6.00. The van der Waals surface area contributed by atoms with Crippen LogP contribution in [0.3, 0.4) is 0 Å². The van der Waals surface area contributed by atoms with Gasteiger partial charge < -0.3 is 17.3 Å². The second-order valence-corrected chi connectivity index (χ2v) is 9.54. The van der Waals surface area contributed by atoms with Gasteiger partial charge in [0, 0.05) is 7.92 Å². The van der Waals surface area contributed by atoms with Gasteiger partial charge in [0.1, 0.15) is 5.82 Å². The summed E-state index contributed by atoms with van der Waals surface area (Å²) in [7, 11) is -6.46. The maximum absolute atomic E-state index is 13.1. The highest BCUT2D eigenvalue weighted by atomic mass is 31.1. The summed E-state index contributed by atoms with van der Waals surface area (Å²) in [5.74, 6) is -0.0852. The van der Waals surface area contributed by atoms with Crippen LogP contribution in [0.1, 0.15) is 51.4 Å². The van der Waals surface area contributed by atoms with E-state index in [1.165, 1.54) is 56.7 Å². The van der Waals surface area contributed by atoms with Crippen LogP contribution in [0, 0.1) is 5.82 Å². The van der Waals surface area contributed by atoms with Crippen LogP contribution in [0.4, 0.5) is 21.7 Å². The van der Waals surface area contributed by atoms with Gasteiger partial charge in [-0.15, -0.1) is 0 Å². The number of halogens is 5. The van der Waals surface area contributed by atoms with Crippen molar-refractivity contribution >= 4 is 20.5 Å². The Balaban J connectivity index is 0.000000338. The van der Waals surface area contributed by atoms with Crippen molar-refractivity contribution in [2.24, 2.45) is 0 Å². The summed E-state index contributed by atoms with van der Waals surface area (Å²) < 4.78 is 52.1. The summed E-state index contributed by atoms with van der Waals surface area (Å²) in [6.07, 6.45) is 11.4. The Bertz CT molecular complexity index is 442. The van der Waals surface area contributed by atoms with E-state index in [9.17, 15) is 21.7 Å². The van der Waals surface area contributed by atoms with Crippen LogP contribution in [0.15, 0.2) is 24.3 Å². The third-order valence-electron chi connectivity index (χ3n) is 4.77. The zero-order valence-electron chi connectivity index (χ0n) is 13.1. The molecule has 2 aliphatic carbocycles. The van der Waals surface area contributed by atoms with Crippen LogP contribution < -0.4 is 5.30 Å². The standard InChI is InChI=1S/C16H22FP.BF4/c17-13-9-11-16(12-10-13)18(14-5-1-2-6-14)15-7-3-4-8-15;2-1(3,4)5/h9-12,14-15H,1-8H2;/q;-1/p+1. The highest BCUT2D eigenvalue weighted by Crippen LogP contribution is 2.56. The molecule has 0 aromatic heterocycles. The van der Waals surface area contributed by atoms with E-state index < -0.39 is 15.2 Å². The van der Waals surface area contributed by atoms with Gasteiger partial charge in [0.15, 0.2) is 0 Å². The van der Waals surface area contributed by atoms with Crippen molar-refractivity contribution in [2.75, 3.05) is 0 Å². The predicted molar refractivity (Wildman–Crippen MR) is 89.0 cm³/mol. The van der Waals surface area contributed by atoms with Crippen LogP contribution in [0.5, 0.6) is 0 Å². The van der Waals surface area contributed by atoms with E-state index >= 15 is 0 Å². The van der Waals surface area contributed by atoms with Crippen LogP contribution in [0.25, 0.3) is 0 Å².